The Labute approximate surface area is 154 Å². The SMILES string of the molecule is COc1ccc(-c2nnc(NC3CC(C)(O)C3)n3ccc(F)c23)c(Cl)c1. The molecule has 1 aromatic carbocycles. The second-order valence-corrected chi connectivity index (χ2v) is 7.25. The van der Waals surface area contributed by atoms with E-state index in [2.05, 4.69) is 15.5 Å². The van der Waals surface area contributed by atoms with Crippen LogP contribution in [0.25, 0.3) is 16.8 Å². The molecular formula is C18H18ClFN4O2. The maximum absolute atomic E-state index is 14.5. The molecule has 2 aromatic heterocycles. The Bertz CT molecular complexity index is 981. The van der Waals surface area contributed by atoms with E-state index in [1.807, 2.05) is 0 Å². The van der Waals surface area contributed by atoms with Crippen LogP contribution >= 0.6 is 11.6 Å². The number of benzene rings is 1. The van der Waals surface area contributed by atoms with Crippen LogP contribution in [0.4, 0.5) is 10.3 Å². The minimum atomic E-state index is -0.664. The lowest BCUT2D eigenvalue weighted by atomic mass is 9.77. The molecule has 26 heavy (non-hydrogen) atoms. The highest BCUT2D eigenvalue weighted by Crippen LogP contribution is 2.36. The lowest BCUT2D eigenvalue weighted by Gasteiger charge is -2.41. The van der Waals surface area contributed by atoms with Gasteiger partial charge in [-0.05, 0) is 44.0 Å². The van der Waals surface area contributed by atoms with Crippen LogP contribution in [0.1, 0.15) is 19.8 Å². The van der Waals surface area contributed by atoms with Crippen LogP contribution in [0.2, 0.25) is 5.02 Å². The molecule has 136 valence electrons. The second-order valence-electron chi connectivity index (χ2n) is 6.85. The van der Waals surface area contributed by atoms with E-state index in [1.165, 1.54) is 6.07 Å². The first kappa shape index (κ1) is 17.1. The number of hydrogen-bond acceptors (Lipinski definition) is 5. The molecule has 0 atom stereocenters. The van der Waals surface area contributed by atoms with Crippen molar-refractivity contribution in [2.75, 3.05) is 12.4 Å². The van der Waals surface area contributed by atoms with Gasteiger partial charge in [0.2, 0.25) is 5.95 Å². The monoisotopic (exact) mass is 376 g/mol. The molecule has 1 aliphatic rings. The standard InChI is InChI=1S/C18H18ClFN4O2/c1-18(25)8-10(9-18)21-17-23-22-15(16-14(20)5-6-24(16)17)12-4-3-11(26-2)7-13(12)19/h3-7,10,25H,8-9H2,1-2H3,(H,21,23). The number of rotatable bonds is 4. The molecular weight excluding hydrogens is 359 g/mol. The van der Waals surface area contributed by atoms with Gasteiger partial charge in [0.15, 0.2) is 5.82 Å². The maximum Gasteiger partial charge on any atom is 0.228 e. The molecule has 1 aliphatic carbocycles. The van der Waals surface area contributed by atoms with Gasteiger partial charge in [-0.2, -0.15) is 0 Å². The number of aromatic nitrogens is 3. The average molecular weight is 377 g/mol. The van der Waals surface area contributed by atoms with Crippen LogP contribution < -0.4 is 10.1 Å². The minimum Gasteiger partial charge on any atom is -0.497 e. The zero-order chi connectivity index (χ0) is 18.5. The number of nitrogens with one attached hydrogen (secondary N) is 1. The molecule has 0 unspecified atom stereocenters. The van der Waals surface area contributed by atoms with E-state index in [1.54, 1.807) is 42.8 Å². The molecule has 1 fully saturated rings. The minimum absolute atomic E-state index is 0.0726. The van der Waals surface area contributed by atoms with Gasteiger partial charge in [-0.1, -0.05) is 11.6 Å². The van der Waals surface area contributed by atoms with Gasteiger partial charge in [0.1, 0.15) is 17.0 Å². The predicted molar refractivity (Wildman–Crippen MR) is 97.2 cm³/mol. The van der Waals surface area contributed by atoms with E-state index in [9.17, 15) is 9.50 Å². The van der Waals surface area contributed by atoms with Crippen molar-refractivity contribution >= 4 is 23.1 Å². The van der Waals surface area contributed by atoms with E-state index >= 15 is 0 Å². The third-order valence-electron chi connectivity index (χ3n) is 4.67. The molecule has 0 saturated heterocycles. The summed E-state index contributed by atoms with van der Waals surface area (Å²) < 4.78 is 21.2. The fraction of sp³-hybridized carbons (Fsp3) is 0.333. The number of ether oxygens (including phenoxy) is 1. The highest BCUT2D eigenvalue weighted by Gasteiger charge is 2.38. The summed E-state index contributed by atoms with van der Waals surface area (Å²) in [7, 11) is 1.55. The molecule has 8 heteroatoms. The van der Waals surface area contributed by atoms with Crippen molar-refractivity contribution in [1.29, 1.82) is 0 Å². The molecule has 3 aromatic rings. The first-order valence-electron chi connectivity index (χ1n) is 8.24. The quantitative estimate of drug-likeness (QED) is 0.729. The summed E-state index contributed by atoms with van der Waals surface area (Å²) in [5, 5.41) is 21.9. The van der Waals surface area contributed by atoms with Crippen molar-refractivity contribution in [3.8, 4) is 17.0 Å². The molecule has 0 bridgehead atoms. The molecule has 4 rings (SSSR count). The number of nitrogens with zero attached hydrogens (tertiary/aromatic N) is 3. The Morgan fingerprint density at radius 3 is 2.77 bits per heavy atom. The second kappa shape index (κ2) is 6.10. The van der Waals surface area contributed by atoms with Crippen molar-refractivity contribution in [3.05, 3.63) is 41.3 Å². The van der Waals surface area contributed by atoms with Crippen molar-refractivity contribution in [3.63, 3.8) is 0 Å². The largest absolute Gasteiger partial charge is 0.497 e. The third-order valence-corrected chi connectivity index (χ3v) is 4.98. The molecule has 1 saturated carbocycles. The summed E-state index contributed by atoms with van der Waals surface area (Å²) in [5.41, 5.74) is 0.551. The first-order valence-corrected chi connectivity index (χ1v) is 8.62. The number of fused-ring (bicyclic) bond motifs is 1. The van der Waals surface area contributed by atoms with Crippen molar-refractivity contribution in [2.45, 2.75) is 31.4 Å². The molecule has 0 radical (unpaired) electrons. The van der Waals surface area contributed by atoms with E-state index in [0.717, 1.165) is 0 Å². The Hall–Kier alpha value is -2.38. The fourth-order valence-electron chi connectivity index (χ4n) is 3.39. The number of halogens is 2. The van der Waals surface area contributed by atoms with Crippen LogP contribution in [-0.2, 0) is 0 Å². The fourth-order valence-corrected chi connectivity index (χ4v) is 3.65. The van der Waals surface area contributed by atoms with Gasteiger partial charge in [-0.3, -0.25) is 4.40 Å². The van der Waals surface area contributed by atoms with E-state index in [4.69, 9.17) is 16.3 Å². The first-order chi connectivity index (χ1) is 12.4. The molecule has 0 spiro atoms. The Balaban J connectivity index is 1.76. The average Bonchev–Trinajstić information content (AvgIpc) is 2.96. The van der Waals surface area contributed by atoms with Gasteiger partial charge in [0.25, 0.3) is 0 Å². The number of hydrogen-bond donors (Lipinski definition) is 2. The topological polar surface area (TPSA) is 71.7 Å². The van der Waals surface area contributed by atoms with E-state index in [0.29, 0.717) is 46.3 Å². The highest BCUT2D eigenvalue weighted by molar-refractivity contribution is 6.33. The van der Waals surface area contributed by atoms with Gasteiger partial charge >= 0.3 is 0 Å². The summed E-state index contributed by atoms with van der Waals surface area (Å²) >= 11 is 6.33. The number of methoxy groups -OCH3 is 1. The van der Waals surface area contributed by atoms with Crippen LogP contribution in [-0.4, -0.2) is 38.5 Å². The van der Waals surface area contributed by atoms with Crippen LogP contribution in [0, 0.1) is 5.82 Å². The van der Waals surface area contributed by atoms with E-state index < -0.39 is 11.4 Å². The lowest BCUT2D eigenvalue weighted by Crippen LogP contribution is -2.48. The zero-order valence-electron chi connectivity index (χ0n) is 14.3. The normalized spacial score (nSPS) is 22.3. The molecule has 2 heterocycles. The van der Waals surface area contributed by atoms with Gasteiger partial charge in [0.05, 0.1) is 17.7 Å². The highest BCUT2D eigenvalue weighted by atomic mass is 35.5. The molecule has 6 nitrogen and oxygen atoms in total. The van der Waals surface area contributed by atoms with Gasteiger partial charge < -0.3 is 15.2 Å². The van der Waals surface area contributed by atoms with Crippen molar-refractivity contribution in [2.24, 2.45) is 0 Å². The number of aliphatic hydroxyl groups is 1. The summed E-state index contributed by atoms with van der Waals surface area (Å²) in [4.78, 5) is 0. The van der Waals surface area contributed by atoms with Gasteiger partial charge in [0, 0.05) is 17.8 Å². The van der Waals surface area contributed by atoms with Gasteiger partial charge in [-0.25, -0.2) is 4.39 Å². The smallest absolute Gasteiger partial charge is 0.228 e. The van der Waals surface area contributed by atoms with Crippen LogP contribution in [0.3, 0.4) is 0 Å². The lowest BCUT2D eigenvalue weighted by molar-refractivity contribution is -0.0236. The predicted octanol–water partition coefficient (Wildman–Crippen LogP) is 3.52. The maximum atomic E-state index is 14.5. The molecule has 0 amide bonds. The Morgan fingerprint density at radius 1 is 1.35 bits per heavy atom. The summed E-state index contributed by atoms with van der Waals surface area (Å²) in [5.74, 6) is 0.622. The zero-order valence-corrected chi connectivity index (χ0v) is 15.1. The van der Waals surface area contributed by atoms with Crippen LogP contribution in [0.5, 0.6) is 5.75 Å². The van der Waals surface area contributed by atoms with Crippen molar-refractivity contribution < 1.29 is 14.2 Å². The summed E-state index contributed by atoms with van der Waals surface area (Å²) in [6.45, 7) is 1.79. The summed E-state index contributed by atoms with van der Waals surface area (Å²) in [6.07, 6.45) is 2.80. The molecule has 2 N–H and O–H groups in total. The molecule has 0 aliphatic heterocycles. The third kappa shape index (κ3) is 2.87. The Kier molecular flexibility index (Phi) is 4.00. The van der Waals surface area contributed by atoms with E-state index in [-0.39, 0.29) is 6.04 Å². The number of anilines is 1. The van der Waals surface area contributed by atoms with Crippen molar-refractivity contribution in [1.82, 2.24) is 14.6 Å². The van der Waals surface area contributed by atoms with Crippen LogP contribution in [0.15, 0.2) is 30.5 Å². The summed E-state index contributed by atoms with van der Waals surface area (Å²) in [6, 6.07) is 6.56. The van der Waals surface area contributed by atoms with Gasteiger partial charge in [-0.15, -0.1) is 10.2 Å². The Morgan fingerprint density at radius 2 is 2.12 bits per heavy atom.